The topological polar surface area (TPSA) is 120 Å². The van der Waals surface area contributed by atoms with Gasteiger partial charge >= 0.3 is 6.03 Å². The largest absolute Gasteiger partial charge is 0.381 e. The summed E-state index contributed by atoms with van der Waals surface area (Å²) in [6, 6.07) is 4.21. The minimum absolute atomic E-state index is 0.103. The number of carbonyl (C=O) groups excluding carboxylic acids is 2. The van der Waals surface area contributed by atoms with E-state index in [1.807, 2.05) is 13.0 Å². The number of alkyl halides is 2. The van der Waals surface area contributed by atoms with Gasteiger partial charge in [0.2, 0.25) is 0 Å². The Kier molecular flexibility index (Phi) is 7.27. The second-order valence-corrected chi connectivity index (χ2v) is 7.20. The highest BCUT2D eigenvalue weighted by atomic mass is 19.3. The van der Waals surface area contributed by atoms with Crippen LogP contribution in [0.15, 0.2) is 18.3 Å². The van der Waals surface area contributed by atoms with Gasteiger partial charge in [0.1, 0.15) is 23.4 Å². The van der Waals surface area contributed by atoms with Crippen LogP contribution in [0.1, 0.15) is 46.9 Å². The average Bonchev–Trinajstić information content (AvgIpc) is 2.81. The number of amides is 2. The Labute approximate surface area is 183 Å². The fourth-order valence-corrected chi connectivity index (χ4v) is 3.27. The van der Waals surface area contributed by atoms with Crippen molar-refractivity contribution in [1.29, 1.82) is 5.26 Å². The van der Waals surface area contributed by atoms with Crippen LogP contribution in [-0.2, 0) is 11.2 Å². The number of methoxy groups -OCH3 is 1. The van der Waals surface area contributed by atoms with E-state index in [1.54, 1.807) is 7.11 Å². The number of pyridine rings is 2. The zero-order chi connectivity index (χ0) is 23.3. The minimum Gasteiger partial charge on any atom is -0.381 e. The molecule has 0 saturated heterocycles. The Morgan fingerprint density at radius 2 is 2.22 bits per heavy atom. The van der Waals surface area contributed by atoms with E-state index in [9.17, 15) is 23.6 Å². The zero-order valence-electron chi connectivity index (χ0n) is 17.6. The van der Waals surface area contributed by atoms with Crippen molar-refractivity contribution in [2.24, 2.45) is 0 Å². The van der Waals surface area contributed by atoms with Gasteiger partial charge in [-0.2, -0.15) is 5.26 Å². The van der Waals surface area contributed by atoms with Crippen molar-refractivity contribution >= 4 is 29.6 Å². The van der Waals surface area contributed by atoms with Gasteiger partial charge in [-0.3, -0.25) is 15.0 Å². The fraction of sp³-hybridized carbons (Fsp3) is 0.381. The Hall–Kier alpha value is -3.65. The Morgan fingerprint density at radius 3 is 2.88 bits per heavy atom. The van der Waals surface area contributed by atoms with Crippen LogP contribution in [0, 0.1) is 11.3 Å². The Morgan fingerprint density at radius 1 is 1.44 bits per heavy atom. The lowest BCUT2D eigenvalue weighted by atomic mass is 10.0. The highest BCUT2D eigenvalue weighted by Crippen LogP contribution is 2.31. The van der Waals surface area contributed by atoms with Crippen molar-refractivity contribution in [3.05, 3.63) is 40.7 Å². The number of hydrogen-bond acceptors (Lipinski definition) is 7. The maximum Gasteiger partial charge on any atom is 0.328 e. The number of aromatic nitrogens is 2. The fourth-order valence-electron chi connectivity index (χ4n) is 3.27. The number of fused-ring (bicyclic) bond motifs is 1. The number of nitrogens with zero attached hydrogens (tertiary/aromatic N) is 4. The molecule has 0 aromatic carbocycles. The Bertz CT molecular complexity index is 1060. The number of nitriles is 1. The van der Waals surface area contributed by atoms with E-state index >= 15 is 0 Å². The van der Waals surface area contributed by atoms with Crippen molar-refractivity contribution in [2.75, 3.05) is 35.7 Å². The highest BCUT2D eigenvalue weighted by molar-refractivity contribution is 6.01. The number of urea groups is 1. The first kappa shape index (κ1) is 23.0. The number of aldehydes is 1. The lowest BCUT2D eigenvalue weighted by Gasteiger charge is -2.29. The van der Waals surface area contributed by atoms with Gasteiger partial charge in [0.25, 0.3) is 6.43 Å². The molecular formula is C21H22F2N6O3. The predicted octanol–water partition coefficient (Wildman–Crippen LogP) is 3.53. The van der Waals surface area contributed by atoms with E-state index in [0.717, 1.165) is 0 Å². The second kappa shape index (κ2) is 10.1. The molecule has 9 nitrogen and oxygen atoms in total. The summed E-state index contributed by atoms with van der Waals surface area (Å²) in [7, 11) is 1.57. The molecule has 0 spiro atoms. The second-order valence-electron chi connectivity index (χ2n) is 7.20. The van der Waals surface area contributed by atoms with E-state index in [2.05, 4.69) is 20.6 Å². The third kappa shape index (κ3) is 4.97. The summed E-state index contributed by atoms with van der Waals surface area (Å²) < 4.78 is 31.6. The number of ether oxygens (including phenoxy) is 1. The monoisotopic (exact) mass is 444 g/mol. The molecule has 0 saturated carbocycles. The molecule has 1 aliphatic heterocycles. The molecule has 3 heterocycles. The van der Waals surface area contributed by atoms with Gasteiger partial charge in [-0.1, -0.05) is 0 Å². The van der Waals surface area contributed by atoms with Crippen molar-refractivity contribution in [3.8, 4) is 6.07 Å². The molecule has 3 rings (SSSR count). The van der Waals surface area contributed by atoms with Gasteiger partial charge in [-0.15, -0.1) is 0 Å². The molecule has 11 heteroatoms. The van der Waals surface area contributed by atoms with Gasteiger partial charge in [0, 0.05) is 38.0 Å². The maximum atomic E-state index is 13.2. The first-order valence-corrected chi connectivity index (χ1v) is 9.90. The predicted molar refractivity (Wildman–Crippen MR) is 113 cm³/mol. The van der Waals surface area contributed by atoms with Gasteiger partial charge in [-0.05, 0) is 31.4 Å². The summed E-state index contributed by atoms with van der Waals surface area (Å²) in [5, 5.41) is 15.0. The molecule has 2 N–H and O–H groups in total. The van der Waals surface area contributed by atoms with Crippen LogP contribution < -0.4 is 15.5 Å². The third-order valence-electron chi connectivity index (χ3n) is 5.06. The highest BCUT2D eigenvalue weighted by Gasteiger charge is 2.28. The summed E-state index contributed by atoms with van der Waals surface area (Å²) >= 11 is 0. The van der Waals surface area contributed by atoms with Crippen molar-refractivity contribution in [1.82, 2.24) is 9.97 Å². The van der Waals surface area contributed by atoms with Crippen LogP contribution in [0.4, 0.5) is 30.9 Å². The van der Waals surface area contributed by atoms with Crippen LogP contribution in [-0.4, -0.2) is 48.6 Å². The molecule has 0 aliphatic carbocycles. The Balaban J connectivity index is 1.84. The number of rotatable bonds is 7. The van der Waals surface area contributed by atoms with Gasteiger partial charge in [0.05, 0.1) is 17.4 Å². The van der Waals surface area contributed by atoms with Crippen LogP contribution >= 0.6 is 0 Å². The van der Waals surface area contributed by atoms with Crippen molar-refractivity contribution in [3.63, 3.8) is 0 Å². The quantitative estimate of drug-likeness (QED) is 0.627. The summed E-state index contributed by atoms with van der Waals surface area (Å²) in [5.74, 6) is 0.356. The molecule has 32 heavy (non-hydrogen) atoms. The summed E-state index contributed by atoms with van der Waals surface area (Å²) in [6.45, 7) is 2.59. The normalized spacial score (nSPS) is 13.8. The number of carbonyl (C=O) groups is 2. The maximum absolute atomic E-state index is 13.2. The molecule has 2 amide bonds. The lowest BCUT2D eigenvalue weighted by molar-refractivity contribution is 0.110. The molecule has 1 atom stereocenters. The van der Waals surface area contributed by atoms with Gasteiger partial charge < -0.3 is 10.1 Å². The standard InChI is InChI=1S/C21H22F2N6O3/c1-12(32-2)9-25-16-7-18(26-10-14(16)8-24)28-21(31)29-5-3-4-13-6-15(19(22)23)17(11-30)27-20(13)29/h6-7,10-12,19H,3-5,9H2,1-2H3,(H2,25,26,28,31). The molecule has 2 aromatic rings. The van der Waals surface area contributed by atoms with Gasteiger partial charge in [0.15, 0.2) is 6.29 Å². The van der Waals surface area contributed by atoms with Gasteiger partial charge in [-0.25, -0.2) is 23.5 Å². The zero-order valence-corrected chi connectivity index (χ0v) is 17.6. The molecule has 1 unspecified atom stereocenters. The van der Waals surface area contributed by atoms with E-state index in [1.165, 1.54) is 23.2 Å². The lowest BCUT2D eigenvalue weighted by Crippen LogP contribution is -2.40. The van der Waals surface area contributed by atoms with Crippen LogP contribution in [0.5, 0.6) is 0 Å². The number of anilines is 3. The number of halogens is 2. The van der Waals surface area contributed by atoms with E-state index in [4.69, 9.17) is 4.74 Å². The van der Waals surface area contributed by atoms with Crippen molar-refractivity contribution < 1.29 is 23.1 Å². The first-order valence-electron chi connectivity index (χ1n) is 9.90. The smallest absolute Gasteiger partial charge is 0.328 e. The molecule has 1 aliphatic rings. The van der Waals surface area contributed by atoms with E-state index in [0.29, 0.717) is 42.7 Å². The molecule has 0 fully saturated rings. The van der Waals surface area contributed by atoms with Crippen LogP contribution in [0.2, 0.25) is 0 Å². The third-order valence-corrected chi connectivity index (χ3v) is 5.06. The number of nitrogens with one attached hydrogen (secondary N) is 2. The number of hydrogen-bond donors (Lipinski definition) is 2. The SMILES string of the molecule is COC(C)CNc1cc(NC(=O)N2CCCc3cc(C(F)F)c(C=O)nc32)ncc1C#N. The molecule has 0 radical (unpaired) electrons. The molecular weight excluding hydrogens is 422 g/mol. The average molecular weight is 444 g/mol. The minimum atomic E-state index is -2.84. The molecule has 168 valence electrons. The first-order chi connectivity index (χ1) is 15.4. The number of aryl methyl sites for hydroxylation is 1. The summed E-state index contributed by atoms with van der Waals surface area (Å²) in [6.07, 6.45) is -0.342. The van der Waals surface area contributed by atoms with E-state index < -0.39 is 23.7 Å². The van der Waals surface area contributed by atoms with Crippen molar-refractivity contribution in [2.45, 2.75) is 32.3 Å². The summed E-state index contributed by atoms with van der Waals surface area (Å²) in [5.41, 5.74) is 0.399. The molecule has 2 aromatic heterocycles. The van der Waals surface area contributed by atoms with Crippen LogP contribution in [0.25, 0.3) is 0 Å². The van der Waals surface area contributed by atoms with Crippen LogP contribution in [0.3, 0.4) is 0 Å². The van der Waals surface area contributed by atoms with E-state index in [-0.39, 0.29) is 24.0 Å². The molecule has 0 bridgehead atoms. The summed E-state index contributed by atoms with van der Waals surface area (Å²) in [4.78, 5) is 33.6.